The van der Waals surface area contributed by atoms with Gasteiger partial charge in [-0.25, -0.2) is 0 Å². The van der Waals surface area contributed by atoms with Gasteiger partial charge in [-0.3, -0.25) is 0 Å². The van der Waals surface area contributed by atoms with Gasteiger partial charge in [0.2, 0.25) is 0 Å². The van der Waals surface area contributed by atoms with Crippen LogP contribution in [0.1, 0.15) is 11.1 Å². The first-order valence-electron chi connectivity index (χ1n) is 4.05. The molecule has 0 bridgehead atoms. The first kappa shape index (κ1) is 13.5. The molecule has 0 fully saturated rings. The van der Waals surface area contributed by atoms with E-state index in [4.69, 9.17) is 10.5 Å². The molecule has 0 spiro atoms. The molecule has 7 heteroatoms. The van der Waals surface area contributed by atoms with Crippen molar-refractivity contribution < 1.29 is 17.9 Å². The largest absolute Gasteiger partial charge is 0.483 e. The van der Waals surface area contributed by atoms with E-state index < -0.39 is 11.7 Å². The molecule has 0 aliphatic rings. The van der Waals surface area contributed by atoms with Gasteiger partial charge < -0.3 is 10.5 Å². The van der Waals surface area contributed by atoms with E-state index in [0.717, 1.165) is 12.1 Å². The summed E-state index contributed by atoms with van der Waals surface area (Å²) in [6.07, 6.45) is -4.44. The van der Waals surface area contributed by atoms with E-state index >= 15 is 0 Å². The molecule has 16 heavy (non-hydrogen) atoms. The molecule has 2 nitrogen and oxygen atoms in total. The van der Waals surface area contributed by atoms with Crippen molar-refractivity contribution in [3.05, 3.63) is 29.3 Å². The van der Waals surface area contributed by atoms with Gasteiger partial charge in [-0.05, 0) is 40.8 Å². The van der Waals surface area contributed by atoms with Crippen molar-refractivity contribution in [3.8, 4) is 5.75 Å². The van der Waals surface area contributed by atoms with Gasteiger partial charge in [0, 0.05) is 5.56 Å². The number of hydrogen-bond acceptors (Lipinski definition) is 2. The molecule has 2 N–H and O–H groups in total. The molecule has 0 saturated carbocycles. The minimum absolute atomic E-state index is 0.0931. The number of halogens is 4. The van der Waals surface area contributed by atoms with Crippen LogP contribution < -0.4 is 10.5 Å². The second-order valence-electron chi connectivity index (χ2n) is 2.86. The Morgan fingerprint density at radius 1 is 1.38 bits per heavy atom. The van der Waals surface area contributed by atoms with E-state index in [1.165, 1.54) is 6.07 Å². The van der Waals surface area contributed by atoms with Crippen LogP contribution in [0, 0.1) is 0 Å². The summed E-state index contributed by atoms with van der Waals surface area (Å²) in [6, 6.07) is 3.21. The summed E-state index contributed by atoms with van der Waals surface area (Å²) in [5, 5.41) is 0. The highest BCUT2D eigenvalue weighted by Gasteiger charge is 2.31. The summed E-state index contributed by atoms with van der Waals surface area (Å²) >= 11 is 6.53. The van der Waals surface area contributed by atoms with E-state index in [1.807, 2.05) is 22.6 Å². The summed E-state index contributed by atoms with van der Waals surface area (Å²) in [7, 11) is 0. The van der Waals surface area contributed by atoms with Crippen LogP contribution in [0.5, 0.6) is 5.75 Å². The summed E-state index contributed by atoms with van der Waals surface area (Å²) in [5.74, 6) is 0.104. The first-order valence-corrected chi connectivity index (χ1v) is 5.99. The summed E-state index contributed by atoms with van der Waals surface area (Å²) in [6.45, 7) is 0. The fourth-order valence-corrected chi connectivity index (χ4v) is 1.53. The quantitative estimate of drug-likeness (QED) is 0.511. The average Bonchev–Trinajstić information content (AvgIpc) is 2.16. The SMILES string of the molecule is NC(=S)c1cc(OCI)cc(C(F)(F)F)c1. The second kappa shape index (κ2) is 5.17. The number of alkyl halides is 4. The maximum Gasteiger partial charge on any atom is 0.416 e. The maximum absolute atomic E-state index is 12.5. The van der Waals surface area contributed by atoms with Gasteiger partial charge in [-0.15, -0.1) is 0 Å². The highest BCUT2D eigenvalue weighted by atomic mass is 127. The van der Waals surface area contributed by atoms with Crippen LogP contribution in [0.25, 0.3) is 0 Å². The van der Waals surface area contributed by atoms with Crippen LogP contribution in [0.3, 0.4) is 0 Å². The Balaban J connectivity index is 3.24. The Hall–Kier alpha value is -0.570. The molecular weight excluding hydrogens is 354 g/mol. The average molecular weight is 361 g/mol. The Labute approximate surface area is 109 Å². The lowest BCUT2D eigenvalue weighted by atomic mass is 10.1. The Morgan fingerprint density at radius 2 is 2.00 bits per heavy atom. The Kier molecular flexibility index (Phi) is 4.36. The monoisotopic (exact) mass is 361 g/mol. The van der Waals surface area contributed by atoms with Crippen LogP contribution in [-0.2, 0) is 6.18 Å². The van der Waals surface area contributed by atoms with E-state index in [0.29, 0.717) is 0 Å². The fourth-order valence-electron chi connectivity index (χ4n) is 1.05. The normalized spacial score (nSPS) is 11.2. The number of benzene rings is 1. The van der Waals surface area contributed by atoms with Gasteiger partial charge >= 0.3 is 6.18 Å². The molecule has 0 radical (unpaired) electrons. The van der Waals surface area contributed by atoms with Crippen molar-refractivity contribution in [2.24, 2.45) is 5.73 Å². The van der Waals surface area contributed by atoms with Crippen molar-refractivity contribution >= 4 is 39.8 Å². The third-order valence-electron chi connectivity index (χ3n) is 1.74. The third-order valence-corrected chi connectivity index (χ3v) is 2.29. The molecule has 0 aliphatic carbocycles. The summed E-state index contributed by atoms with van der Waals surface area (Å²) in [5.41, 5.74) is 4.62. The Morgan fingerprint density at radius 3 is 2.44 bits per heavy atom. The van der Waals surface area contributed by atoms with Gasteiger partial charge in [0.25, 0.3) is 0 Å². The number of thiocarbonyl (C=S) groups is 1. The summed E-state index contributed by atoms with van der Waals surface area (Å²) in [4.78, 5) is -0.0931. The van der Waals surface area contributed by atoms with Crippen molar-refractivity contribution in [1.82, 2.24) is 0 Å². The van der Waals surface area contributed by atoms with Gasteiger partial charge in [0.1, 0.15) is 15.4 Å². The molecule has 0 saturated heterocycles. The van der Waals surface area contributed by atoms with E-state index in [2.05, 4.69) is 12.2 Å². The standard InChI is InChI=1S/C9H7F3INOS/c10-9(11,12)6-1-5(8(14)16)2-7(3-6)15-4-13/h1-3H,4H2,(H2,14,16). The molecule has 0 aliphatic heterocycles. The van der Waals surface area contributed by atoms with Crippen LogP contribution in [-0.4, -0.2) is 9.60 Å². The van der Waals surface area contributed by atoms with Crippen LogP contribution in [0.2, 0.25) is 0 Å². The van der Waals surface area contributed by atoms with E-state index in [1.54, 1.807) is 0 Å². The maximum atomic E-state index is 12.5. The Bertz CT molecular complexity index is 408. The molecule has 1 aromatic carbocycles. The molecule has 0 heterocycles. The zero-order valence-corrected chi connectivity index (χ0v) is 10.8. The number of ether oxygens (including phenoxy) is 1. The van der Waals surface area contributed by atoms with Crippen LogP contribution >= 0.6 is 34.8 Å². The zero-order chi connectivity index (χ0) is 12.3. The molecule has 0 unspecified atom stereocenters. The molecular formula is C9H7F3INOS. The lowest BCUT2D eigenvalue weighted by Crippen LogP contribution is -2.13. The minimum Gasteiger partial charge on any atom is -0.483 e. The number of nitrogens with two attached hydrogens (primary N) is 1. The van der Waals surface area contributed by atoms with Crippen molar-refractivity contribution in [3.63, 3.8) is 0 Å². The van der Waals surface area contributed by atoms with Gasteiger partial charge in [0.05, 0.1) is 5.56 Å². The molecule has 1 aromatic rings. The fraction of sp³-hybridized carbons (Fsp3) is 0.222. The smallest absolute Gasteiger partial charge is 0.416 e. The van der Waals surface area contributed by atoms with Crippen LogP contribution in [0.15, 0.2) is 18.2 Å². The van der Waals surface area contributed by atoms with Crippen molar-refractivity contribution in [1.29, 1.82) is 0 Å². The lowest BCUT2D eigenvalue weighted by Gasteiger charge is -2.11. The summed E-state index contributed by atoms with van der Waals surface area (Å²) < 4.78 is 42.8. The second-order valence-corrected chi connectivity index (χ2v) is 3.92. The first-order chi connectivity index (χ1) is 7.34. The lowest BCUT2D eigenvalue weighted by molar-refractivity contribution is -0.137. The predicted octanol–water partition coefficient (Wildman–Crippen LogP) is 3.11. The van der Waals surface area contributed by atoms with Crippen molar-refractivity contribution in [2.45, 2.75) is 6.18 Å². The van der Waals surface area contributed by atoms with Gasteiger partial charge in [-0.1, -0.05) is 12.2 Å². The number of hydrogen-bond donors (Lipinski definition) is 1. The minimum atomic E-state index is -4.44. The predicted molar refractivity (Wildman–Crippen MR) is 66.8 cm³/mol. The molecule has 0 atom stereocenters. The van der Waals surface area contributed by atoms with Crippen LogP contribution in [0.4, 0.5) is 13.2 Å². The zero-order valence-electron chi connectivity index (χ0n) is 7.84. The number of rotatable bonds is 3. The topological polar surface area (TPSA) is 35.2 Å². The molecule has 0 aromatic heterocycles. The van der Waals surface area contributed by atoms with Crippen molar-refractivity contribution in [2.75, 3.05) is 4.61 Å². The highest BCUT2D eigenvalue weighted by Crippen LogP contribution is 2.32. The van der Waals surface area contributed by atoms with E-state index in [-0.39, 0.29) is 20.9 Å². The third kappa shape index (κ3) is 3.48. The molecule has 1 rings (SSSR count). The van der Waals surface area contributed by atoms with Gasteiger partial charge in [0.15, 0.2) is 0 Å². The molecule has 0 amide bonds. The van der Waals surface area contributed by atoms with E-state index in [9.17, 15) is 13.2 Å². The van der Waals surface area contributed by atoms with Gasteiger partial charge in [-0.2, -0.15) is 13.2 Å². The highest BCUT2D eigenvalue weighted by molar-refractivity contribution is 14.1. The molecule has 88 valence electrons.